The van der Waals surface area contributed by atoms with Crippen LogP contribution in [0.4, 0.5) is 5.82 Å². The number of aromatic nitrogens is 1. The van der Waals surface area contributed by atoms with Crippen molar-refractivity contribution in [3.8, 4) is 0 Å². The van der Waals surface area contributed by atoms with E-state index in [9.17, 15) is 9.59 Å². The van der Waals surface area contributed by atoms with Crippen LogP contribution in [0.5, 0.6) is 0 Å². The second-order valence-corrected chi connectivity index (χ2v) is 9.18. The molecule has 0 bridgehead atoms. The first-order chi connectivity index (χ1) is 14.6. The van der Waals surface area contributed by atoms with E-state index in [-0.39, 0.29) is 17.7 Å². The third-order valence-corrected chi connectivity index (χ3v) is 6.82. The maximum Gasteiger partial charge on any atom is 0.224 e. The Labute approximate surface area is 179 Å². The molecule has 7 nitrogen and oxygen atoms in total. The summed E-state index contributed by atoms with van der Waals surface area (Å²) in [5.41, 5.74) is 0. The SMILES string of the molecule is CC1CC1C(=O)NCCC(=O)N1CCCC(CN2CCN(c3ccccn3)CC2)C1. The van der Waals surface area contributed by atoms with Gasteiger partial charge in [-0.1, -0.05) is 13.0 Å². The number of nitrogens with zero attached hydrogens (tertiary/aromatic N) is 4. The fraction of sp³-hybridized carbons (Fsp3) is 0.696. The zero-order chi connectivity index (χ0) is 20.9. The average Bonchev–Trinajstić information content (AvgIpc) is 3.52. The van der Waals surface area contributed by atoms with Gasteiger partial charge in [0.1, 0.15) is 5.82 Å². The predicted octanol–water partition coefficient (Wildman–Crippen LogP) is 1.60. The third kappa shape index (κ3) is 5.50. The van der Waals surface area contributed by atoms with Gasteiger partial charge in [-0.05, 0) is 43.2 Å². The van der Waals surface area contributed by atoms with E-state index in [1.54, 1.807) is 0 Å². The zero-order valence-corrected chi connectivity index (χ0v) is 18.1. The molecule has 7 heteroatoms. The number of carbonyl (C=O) groups is 2. The molecule has 2 saturated heterocycles. The van der Waals surface area contributed by atoms with Gasteiger partial charge < -0.3 is 15.1 Å². The van der Waals surface area contributed by atoms with Gasteiger partial charge in [-0.3, -0.25) is 14.5 Å². The van der Waals surface area contributed by atoms with Gasteiger partial charge in [-0.2, -0.15) is 0 Å². The molecule has 3 unspecified atom stereocenters. The van der Waals surface area contributed by atoms with E-state index in [2.05, 4.69) is 33.1 Å². The lowest BCUT2D eigenvalue weighted by atomic mass is 9.96. The molecule has 1 N–H and O–H groups in total. The number of nitrogens with one attached hydrogen (secondary N) is 1. The number of pyridine rings is 1. The predicted molar refractivity (Wildman–Crippen MR) is 117 cm³/mol. The second-order valence-electron chi connectivity index (χ2n) is 9.18. The van der Waals surface area contributed by atoms with Crippen molar-refractivity contribution in [1.82, 2.24) is 20.1 Å². The Morgan fingerprint density at radius 2 is 1.97 bits per heavy atom. The highest BCUT2D eigenvalue weighted by Gasteiger charge is 2.38. The van der Waals surface area contributed by atoms with Crippen molar-refractivity contribution in [3.63, 3.8) is 0 Å². The smallest absolute Gasteiger partial charge is 0.224 e. The number of likely N-dealkylation sites (tertiary alicyclic amines) is 1. The molecular weight excluding hydrogens is 378 g/mol. The molecule has 1 aromatic heterocycles. The number of rotatable bonds is 7. The third-order valence-electron chi connectivity index (χ3n) is 6.82. The van der Waals surface area contributed by atoms with Gasteiger partial charge in [0.2, 0.25) is 11.8 Å². The summed E-state index contributed by atoms with van der Waals surface area (Å²) in [5, 5.41) is 2.94. The molecule has 3 aliphatic rings. The van der Waals surface area contributed by atoms with Crippen molar-refractivity contribution < 1.29 is 9.59 Å². The van der Waals surface area contributed by atoms with Crippen molar-refractivity contribution in [2.45, 2.75) is 32.6 Å². The molecule has 2 aliphatic heterocycles. The molecule has 1 aromatic rings. The lowest BCUT2D eigenvalue weighted by molar-refractivity contribution is -0.133. The van der Waals surface area contributed by atoms with Gasteiger partial charge in [0.05, 0.1) is 0 Å². The highest BCUT2D eigenvalue weighted by Crippen LogP contribution is 2.37. The standard InChI is InChI=1S/C23H35N5O2/c1-18-15-20(18)23(30)25-9-7-22(29)28-10-4-5-19(17-28)16-26-11-13-27(14-12-26)21-6-2-3-8-24-21/h2-3,6,8,18-20H,4-5,7,9-17H2,1H3,(H,25,30). The Balaban J connectivity index is 1.16. The fourth-order valence-corrected chi connectivity index (χ4v) is 4.78. The number of anilines is 1. The summed E-state index contributed by atoms with van der Waals surface area (Å²) in [6.45, 7) is 9.45. The van der Waals surface area contributed by atoms with Gasteiger partial charge >= 0.3 is 0 Å². The molecule has 30 heavy (non-hydrogen) atoms. The molecule has 3 heterocycles. The largest absolute Gasteiger partial charge is 0.355 e. The van der Waals surface area contributed by atoms with E-state index in [1.165, 1.54) is 6.42 Å². The van der Waals surface area contributed by atoms with Crippen LogP contribution >= 0.6 is 0 Å². The summed E-state index contributed by atoms with van der Waals surface area (Å²) in [6.07, 6.45) is 5.54. The summed E-state index contributed by atoms with van der Waals surface area (Å²) >= 11 is 0. The molecule has 0 radical (unpaired) electrons. The minimum absolute atomic E-state index is 0.122. The zero-order valence-electron chi connectivity index (χ0n) is 18.1. The van der Waals surface area contributed by atoms with Crippen LogP contribution in [0.1, 0.15) is 32.6 Å². The lowest BCUT2D eigenvalue weighted by Gasteiger charge is -2.39. The lowest BCUT2D eigenvalue weighted by Crippen LogP contribution is -2.50. The first-order valence-electron chi connectivity index (χ1n) is 11.5. The second kappa shape index (κ2) is 9.77. The number of piperidine rings is 1. The summed E-state index contributed by atoms with van der Waals surface area (Å²) in [4.78, 5) is 35.9. The Morgan fingerprint density at radius 3 is 2.67 bits per heavy atom. The van der Waals surface area contributed by atoms with Crippen molar-refractivity contribution in [1.29, 1.82) is 0 Å². The Bertz CT molecular complexity index is 720. The van der Waals surface area contributed by atoms with Crippen LogP contribution in [0.25, 0.3) is 0 Å². The number of piperazine rings is 1. The summed E-state index contributed by atoms with van der Waals surface area (Å²) in [6, 6.07) is 6.07. The van der Waals surface area contributed by atoms with E-state index in [0.29, 0.717) is 24.8 Å². The van der Waals surface area contributed by atoms with Crippen LogP contribution in [-0.2, 0) is 9.59 Å². The van der Waals surface area contributed by atoms with Gasteiger partial charge in [0.15, 0.2) is 0 Å². The molecule has 4 rings (SSSR count). The Morgan fingerprint density at radius 1 is 1.17 bits per heavy atom. The van der Waals surface area contributed by atoms with E-state index >= 15 is 0 Å². The minimum atomic E-state index is 0.122. The van der Waals surface area contributed by atoms with Crippen LogP contribution in [0.2, 0.25) is 0 Å². The van der Waals surface area contributed by atoms with Gasteiger partial charge in [-0.25, -0.2) is 4.98 Å². The first kappa shape index (κ1) is 21.1. The molecule has 0 spiro atoms. The minimum Gasteiger partial charge on any atom is -0.355 e. The number of amides is 2. The maximum atomic E-state index is 12.6. The van der Waals surface area contributed by atoms with Crippen molar-refractivity contribution in [2.75, 3.05) is 57.3 Å². The summed E-state index contributed by atoms with van der Waals surface area (Å²) < 4.78 is 0. The highest BCUT2D eigenvalue weighted by atomic mass is 16.2. The average molecular weight is 414 g/mol. The number of hydrogen-bond donors (Lipinski definition) is 1. The van der Waals surface area contributed by atoms with Gasteiger partial charge in [0, 0.05) is 70.9 Å². The van der Waals surface area contributed by atoms with Crippen molar-refractivity contribution in [3.05, 3.63) is 24.4 Å². The van der Waals surface area contributed by atoms with Crippen molar-refractivity contribution >= 4 is 17.6 Å². The monoisotopic (exact) mass is 413 g/mol. The summed E-state index contributed by atoms with van der Waals surface area (Å²) in [7, 11) is 0. The molecule has 1 aliphatic carbocycles. The van der Waals surface area contributed by atoms with Gasteiger partial charge in [0.25, 0.3) is 0 Å². The van der Waals surface area contributed by atoms with Crippen LogP contribution < -0.4 is 10.2 Å². The molecule has 1 saturated carbocycles. The molecule has 3 fully saturated rings. The topological polar surface area (TPSA) is 68.8 Å². The fourth-order valence-electron chi connectivity index (χ4n) is 4.78. The maximum absolute atomic E-state index is 12.6. The number of carbonyl (C=O) groups excluding carboxylic acids is 2. The van der Waals surface area contributed by atoms with E-state index in [0.717, 1.165) is 64.5 Å². The van der Waals surface area contributed by atoms with Crippen molar-refractivity contribution in [2.24, 2.45) is 17.8 Å². The van der Waals surface area contributed by atoms with E-state index in [1.807, 2.05) is 23.2 Å². The van der Waals surface area contributed by atoms with Crippen LogP contribution in [0, 0.1) is 17.8 Å². The quantitative estimate of drug-likeness (QED) is 0.736. The molecule has 3 atom stereocenters. The van der Waals surface area contributed by atoms with E-state index in [4.69, 9.17) is 0 Å². The molecule has 0 aromatic carbocycles. The molecular formula is C23H35N5O2. The molecule has 2 amide bonds. The molecule has 164 valence electrons. The van der Waals surface area contributed by atoms with Gasteiger partial charge in [-0.15, -0.1) is 0 Å². The van der Waals surface area contributed by atoms with Crippen LogP contribution in [0.15, 0.2) is 24.4 Å². The van der Waals surface area contributed by atoms with Crippen LogP contribution in [-0.4, -0.2) is 79.0 Å². The Kier molecular flexibility index (Phi) is 6.87. The highest BCUT2D eigenvalue weighted by molar-refractivity contribution is 5.82. The summed E-state index contributed by atoms with van der Waals surface area (Å²) in [5.74, 6) is 2.60. The Hall–Kier alpha value is -2.15. The van der Waals surface area contributed by atoms with Crippen LogP contribution in [0.3, 0.4) is 0 Å². The number of hydrogen-bond acceptors (Lipinski definition) is 5. The van der Waals surface area contributed by atoms with E-state index < -0.39 is 0 Å². The normalized spacial score (nSPS) is 27.0. The first-order valence-corrected chi connectivity index (χ1v) is 11.5.